The molecule has 0 spiro atoms. The van der Waals surface area contributed by atoms with E-state index in [-0.39, 0.29) is 18.1 Å². The Kier molecular flexibility index (Phi) is 6.14. The maximum Gasteiger partial charge on any atom is 0.293 e. The summed E-state index contributed by atoms with van der Waals surface area (Å²) < 4.78 is 9.20. The molecule has 2 aliphatic heterocycles. The maximum atomic E-state index is 13.8. The van der Waals surface area contributed by atoms with E-state index < -0.39 is 0 Å². The fourth-order valence-electron chi connectivity index (χ4n) is 4.68. The van der Waals surface area contributed by atoms with Crippen molar-refractivity contribution in [3.8, 4) is 17.6 Å². The van der Waals surface area contributed by atoms with Crippen molar-refractivity contribution in [1.29, 1.82) is 0 Å². The third kappa shape index (κ3) is 4.33. The smallest absolute Gasteiger partial charge is 0.293 e. The Bertz CT molecular complexity index is 1450. The van der Waals surface area contributed by atoms with Crippen LogP contribution in [0, 0.1) is 18.8 Å². The molecule has 180 valence electrons. The number of imidazole rings is 1. The number of piperidine rings is 1. The zero-order chi connectivity index (χ0) is 24.5. The molecule has 9 nitrogen and oxygen atoms in total. The molecule has 3 aromatic rings. The molecule has 1 unspecified atom stereocenters. The van der Waals surface area contributed by atoms with Crippen molar-refractivity contribution >= 4 is 22.7 Å². The summed E-state index contributed by atoms with van der Waals surface area (Å²) in [6.07, 6.45) is 1.97. The molecule has 0 saturated carbocycles. The van der Waals surface area contributed by atoms with E-state index in [9.17, 15) is 4.79 Å². The van der Waals surface area contributed by atoms with Crippen LogP contribution >= 0.6 is 0 Å². The summed E-state index contributed by atoms with van der Waals surface area (Å²) in [5.41, 5.74) is 9.32. The van der Waals surface area contributed by atoms with E-state index in [1.54, 1.807) is 6.92 Å². The molecule has 1 saturated heterocycles. The van der Waals surface area contributed by atoms with Crippen molar-refractivity contribution in [3.63, 3.8) is 0 Å². The average molecular weight is 472 g/mol. The number of hydrogen-bond acceptors (Lipinski definition) is 7. The number of fused-ring (bicyclic) bond motifs is 2. The van der Waals surface area contributed by atoms with Gasteiger partial charge in [-0.05, 0) is 38.8 Å². The number of ether oxygens (including phenoxy) is 1. The highest BCUT2D eigenvalue weighted by Gasteiger charge is 2.26. The molecule has 0 radical (unpaired) electrons. The summed E-state index contributed by atoms with van der Waals surface area (Å²) in [5.74, 6) is 7.99. The molecule has 9 heteroatoms. The molecule has 1 fully saturated rings. The molecule has 0 bridgehead atoms. The van der Waals surface area contributed by atoms with Gasteiger partial charge in [-0.15, -0.1) is 5.92 Å². The lowest BCUT2D eigenvalue weighted by molar-refractivity contribution is 0.423. The quantitative estimate of drug-likeness (QED) is 0.586. The zero-order valence-electron chi connectivity index (χ0n) is 20.1. The number of hydrogen-bond donors (Lipinski definition) is 1. The summed E-state index contributed by atoms with van der Waals surface area (Å²) in [6.45, 7) is 10.0. The molecule has 2 N–H and O–H groups in total. The lowest BCUT2D eigenvalue weighted by atomic mass is 10.1. The molecule has 0 aliphatic carbocycles. The van der Waals surface area contributed by atoms with E-state index >= 15 is 0 Å². The van der Waals surface area contributed by atoms with Crippen LogP contribution in [0.1, 0.15) is 31.0 Å². The van der Waals surface area contributed by atoms with Crippen molar-refractivity contribution in [2.45, 2.75) is 45.8 Å². The van der Waals surface area contributed by atoms with E-state index in [0.29, 0.717) is 53.6 Å². The number of anilines is 1. The highest BCUT2D eigenvalue weighted by molar-refractivity contribution is 6.03. The molecule has 1 aromatic carbocycles. The van der Waals surface area contributed by atoms with Crippen LogP contribution in [0.4, 0.5) is 5.95 Å². The maximum absolute atomic E-state index is 13.8. The highest BCUT2D eigenvalue weighted by Crippen LogP contribution is 2.26. The fourth-order valence-corrected chi connectivity index (χ4v) is 4.68. The van der Waals surface area contributed by atoms with Crippen molar-refractivity contribution in [2.75, 3.05) is 24.5 Å². The molecular weight excluding hydrogens is 442 g/mol. The summed E-state index contributed by atoms with van der Waals surface area (Å²) in [4.78, 5) is 25.5. The van der Waals surface area contributed by atoms with Crippen molar-refractivity contribution in [2.24, 2.45) is 10.7 Å². The normalized spacial score (nSPS) is 17.8. The monoisotopic (exact) mass is 471 g/mol. The Morgan fingerprint density at radius 3 is 2.94 bits per heavy atom. The topological polar surface area (TPSA) is 104 Å². The van der Waals surface area contributed by atoms with Crippen molar-refractivity contribution < 1.29 is 4.74 Å². The second-order valence-electron chi connectivity index (χ2n) is 8.92. The van der Waals surface area contributed by atoms with Crippen LogP contribution in [-0.4, -0.2) is 50.7 Å². The number of aliphatic imine (C=N–C) groups is 1. The summed E-state index contributed by atoms with van der Waals surface area (Å²) in [5, 5.41) is 4.62. The van der Waals surface area contributed by atoms with Crippen molar-refractivity contribution in [1.82, 2.24) is 19.3 Å². The fraction of sp³-hybridized carbons (Fsp3) is 0.385. The number of nitrogens with zero attached hydrogens (tertiary/aromatic N) is 6. The van der Waals surface area contributed by atoms with Crippen LogP contribution in [-0.2, 0) is 13.1 Å². The Hall–Kier alpha value is -3.90. The Balaban J connectivity index is 1.63. The lowest BCUT2D eigenvalue weighted by Gasteiger charge is -2.31. The molecular formula is C26H29N7O2. The summed E-state index contributed by atoms with van der Waals surface area (Å²) >= 11 is 0. The molecule has 5 rings (SSSR count). The summed E-state index contributed by atoms with van der Waals surface area (Å²) in [6, 6.07) is 7.71. The predicted molar refractivity (Wildman–Crippen MR) is 137 cm³/mol. The first-order valence-electron chi connectivity index (χ1n) is 11.8. The number of rotatable bonds is 4. The number of aryl methyl sites for hydroxylation is 1. The first-order chi connectivity index (χ1) is 17.0. The summed E-state index contributed by atoms with van der Waals surface area (Å²) in [7, 11) is 0. The van der Waals surface area contributed by atoms with E-state index in [1.165, 1.54) is 4.68 Å². The number of benzene rings is 1. The van der Waals surface area contributed by atoms with Gasteiger partial charge in [0.15, 0.2) is 0 Å². The van der Waals surface area contributed by atoms with Gasteiger partial charge in [-0.2, -0.15) is 5.10 Å². The SMILES string of the molecule is C=C1CN=C(Cn2nc(C)c3nc(N4CCCC(N)C4)n(CC#CC)c3c2=O)c2ccccc2O1. The molecule has 2 aliphatic rings. The van der Waals surface area contributed by atoms with E-state index in [4.69, 9.17) is 15.5 Å². The zero-order valence-corrected chi connectivity index (χ0v) is 20.1. The van der Waals surface area contributed by atoms with Crippen LogP contribution in [0.25, 0.3) is 11.0 Å². The largest absolute Gasteiger partial charge is 0.460 e. The Morgan fingerprint density at radius 2 is 2.14 bits per heavy atom. The van der Waals surface area contributed by atoms with Gasteiger partial charge < -0.3 is 15.4 Å². The van der Waals surface area contributed by atoms with Crippen molar-refractivity contribution in [3.05, 3.63) is 58.2 Å². The standard InChI is InChI=1S/C26H29N7O2/c1-4-5-13-32-24-23(29-26(32)31-12-8-9-19(27)15-31)18(3)30-33(25(24)34)16-21-20-10-6-7-11-22(20)35-17(2)14-28-21/h6-7,10-11,19H,2,8-9,12-16,27H2,1,3H3. The van der Waals surface area contributed by atoms with E-state index in [2.05, 4.69) is 33.4 Å². The second-order valence-corrected chi connectivity index (χ2v) is 8.92. The first-order valence-corrected chi connectivity index (χ1v) is 11.8. The Morgan fingerprint density at radius 1 is 1.31 bits per heavy atom. The predicted octanol–water partition coefficient (Wildman–Crippen LogP) is 2.25. The van der Waals surface area contributed by atoms with Gasteiger partial charge in [-0.1, -0.05) is 24.6 Å². The van der Waals surface area contributed by atoms with Gasteiger partial charge in [-0.25, -0.2) is 9.67 Å². The Labute approximate surface area is 203 Å². The van der Waals surface area contributed by atoms with Crippen LogP contribution in [0.15, 0.2) is 46.4 Å². The van der Waals surface area contributed by atoms with Crippen LogP contribution in [0.2, 0.25) is 0 Å². The van der Waals surface area contributed by atoms with E-state index in [1.807, 2.05) is 35.8 Å². The minimum atomic E-state index is -0.229. The lowest BCUT2D eigenvalue weighted by Crippen LogP contribution is -2.44. The second kappa shape index (κ2) is 9.39. The average Bonchev–Trinajstić information content (AvgIpc) is 3.16. The van der Waals surface area contributed by atoms with Gasteiger partial charge in [0.25, 0.3) is 5.56 Å². The van der Waals surface area contributed by atoms with E-state index in [0.717, 1.165) is 30.9 Å². The third-order valence-electron chi connectivity index (χ3n) is 6.35. The number of aromatic nitrogens is 4. The minimum Gasteiger partial charge on any atom is -0.460 e. The first kappa shape index (κ1) is 22.9. The number of para-hydroxylation sites is 1. The molecule has 1 atom stereocenters. The number of nitrogens with two attached hydrogens (primary N) is 1. The van der Waals surface area contributed by atoms with Gasteiger partial charge in [0.05, 0.1) is 31.0 Å². The van der Waals surface area contributed by atoms with Gasteiger partial charge in [0, 0.05) is 24.7 Å². The van der Waals surface area contributed by atoms with Crippen LogP contribution < -0.4 is 20.9 Å². The van der Waals surface area contributed by atoms with Gasteiger partial charge in [-0.3, -0.25) is 14.4 Å². The molecule has 4 heterocycles. The van der Waals surface area contributed by atoms with Gasteiger partial charge in [0.1, 0.15) is 22.5 Å². The highest BCUT2D eigenvalue weighted by atomic mass is 16.5. The van der Waals surface area contributed by atoms with Gasteiger partial charge in [0.2, 0.25) is 5.95 Å². The van der Waals surface area contributed by atoms with Crippen LogP contribution in [0.5, 0.6) is 5.75 Å². The molecule has 2 aromatic heterocycles. The molecule has 0 amide bonds. The molecule has 35 heavy (non-hydrogen) atoms. The third-order valence-corrected chi connectivity index (χ3v) is 6.35. The van der Waals surface area contributed by atoms with Gasteiger partial charge >= 0.3 is 0 Å². The minimum absolute atomic E-state index is 0.0791. The van der Waals surface area contributed by atoms with Crippen LogP contribution in [0.3, 0.4) is 0 Å².